The molecular weight excluding hydrogens is 189 g/mol. The van der Waals surface area contributed by atoms with Crippen molar-refractivity contribution in [2.45, 2.75) is 20.8 Å². The van der Waals surface area contributed by atoms with Gasteiger partial charge in [-0.1, -0.05) is 19.9 Å². The summed E-state index contributed by atoms with van der Waals surface area (Å²) in [7, 11) is 1.75. The van der Waals surface area contributed by atoms with E-state index in [0.29, 0.717) is 0 Å². The average molecular weight is 204 g/mol. The zero-order valence-corrected chi connectivity index (χ0v) is 9.43. The molecule has 0 atom stereocenters. The van der Waals surface area contributed by atoms with Crippen molar-refractivity contribution < 1.29 is 18.6 Å². The number of hydrogen-bond donors (Lipinski definition) is 0. The van der Waals surface area contributed by atoms with E-state index >= 15 is 0 Å². The standard InChI is InChI=1S/C7H9NO.C2H6.V/c1-6-4-3-5-8(2)7(6)9;1-2;/h3-5H,1-2H3;1-2H3;. The molecule has 0 aromatic carbocycles. The molecule has 0 aliphatic heterocycles. The van der Waals surface area contributed by atoms with Crippen LogP contribution >= 0.6 is 0 Å². The van der Waals surface area contributed by atoms with E-state index in [1.54, 1.807) is 17.8 Å². The Kier molecular flexibility index (Phi) is 8.45. The Morgan fingerprint density at radius 3 is 2.17 bits per heavy atom. The second-order valence-corrected chi connectivity index (χ2v) is 2.11. The molecule has 0 aliphatic carbocycles. The SMILES string of the molecule is CC.Cc1cccn(C)c1=O.[V]. The van der Waals surface area contributed by atoms with Crippen LogP contribution in [-0.4, -0.2) is 4.57 Å². The van der Waals surface area contributed by atoms with Gasteiger partial charge in [-0.3, -0.25) is 4.79 Å². The normalized spacial score (nSPS) is 7.67. The van der Waals surface area contributed by atoms with Crippen LogP contribution in [-0.2, 0) is 25.6 Å². The number of hydrogen-bond acceptors (Lipinski definition) is 1. The van der Waals surface area contributed by atoms with Crippen molar-refractivity contribution >= 4 is 0 Å². The molecule has 0 spiro atoms. The van der Waals surface area contributed by atoms with Gasteiger partial charge < -0.3 is 4.57 Å². The summed E-state index contributed by atoms with van der Waals surface area (Å²) in [6, 6.07) is 3.67. The summed E-state index contributed by atoms with van der Waals surface area (Å²) in [5.74, 6) is 0. The van der Waals surface area contributed by atoms with Crippen LogP contribution in [0.4, 0.5) is 0 Å². The van der Waals surface area contributed by atoms with E-state index in [4.69, 9.17) is 0 Å². The van der Waals surface area contributed by atoms with E-state index in [1.165, 1.54) is 0 Å². The predicted molar refractivity (Wildman–Crippen MR) is 47.8 cm³/mol. The van der Waals surface area contributed by atoms with Gasteiger partial charge >= 0.3 is 0 Å². The first-order valence-corrected chi connectivity index (χ1v) is 3.84. The molecule has 0 N–H and O–H groups in total. The Morgan fingerprint density at radius 2 is 1.83 bits per heavy atom. The third-order valence-corrected chi connectivity index (χ3v) is 1.31. The molecular formula is C9H15NOV. The maximum Gasteiger partial charge on any atom is 0.253 e. The smallest absolute Gasteiger partial charge is 0.253 e. The molecule has 67 valence electrons. The van der Waals surface area contributed by atoms with Crippen LogP contribution in [0.25, 0.3) is 0 Å². The third kappa shape index (κ3) is 3.79. The largest absolute Gasteiger partial charge is 0.318 e. The number of rotatable bonds is 0. The van der Waals surface area contributed by atoms with Gasteiger partial charge in [0.05, 0.1) is 0 Å². The van der Waals surface area contributed by atoms with Gasteiger partial charge in [0.25, 0.3) is 5.56 Å². The van der Waals surface area contributed by atoms with E-state index in [1.807, 2.05) is 32.9 Å². The molecule has 1 rings (SSSR count). The Bertz CT molecular complexity index is 244. The Labute approximate surface area is 85.5 Å². The third-order valence-electron chi connectivity index (χ3n) is 1.31. The summed E-state index contributed by atoms with van der Waals surface area (Å²) in [6.07, 6.45) is 1.75. The van der Waals surface area contributed by atoms with Gasteiger partial charge in [-0.05, 0) is 13.0 Å². The van der Waals surface area contributed by atoms with Crippen LogP contribution < -0.4 is 5.56 Å². The molecule has 12 heavy (non-hydrogen) atoms. The number of aromatic nitrogens is 1. The van der Waals surface area contributed by atoms with Crippen LogP contribution in [0, 0.1) is 6.92 Å². The van der Waals surface area contributed by atoms with E-state index in [-0.39, 0.29) is 24.1 Å². The number of nitrogens with zero attached hydrogens (tertiary/aromatic N) is 1. The van der Waals surface area contributed by atoms with Gasteiger partial charge in [0.2, 0.25) is 0 Å². The predicted octanol–water partition coefficient (Wildman–Crippen LogP) is 1.72. The Balaban J connectivity index is 0. The van der Waals surface area contributed by atoms with Gasteiger partial charge in [0, 0.05) is 37.4 Å². The molecule has 0 fully saturated rings. The zero-order chi connectivity index (χ0) is 8.85. The van der Waals surface area contributed by atoms with Gasteiger partial charge in [0.15, 0.2) is 0 Å². The first-order valence-electron chi connectivity index (χ1n) is 3.84. The van der Waals surface area contributed by atoms with Gasteiger partial charge in [-0.25, -0.2) is 0 Å². The average Bonchev–Trinajstić information content (AvgIpc) is 2.04. The zero-order valence-electron chi connectivity index (χ0n) is 8.03. The molecule has 0 amide bonds. The molecule has 1 aromatic heterocycles. The molecule has 1 heterocycles. The minimum Gasteiger partial charge on any atom is -0.318 e. The molecule has 1 aromatic rings. The number of pyridine rings is 1. The van der Waals surface area contributed by atoms with Crippen molar-refractivity contribution in [2.75, 3.05) is 0 Å². The summed E-state index contributed by atoms with van der Waals surface area (Å²) >= 11 is 0. The molecule has 1 radical (unpaired) electrons. The van der Waals surface area contributed by atoms with Crippen molar-refractivity contribution in [3.05, 3.63) is 34.2 Å². The first kappa shape index (κ1) is 14.1. The van der Waals surface area contributed by atoms with Crippen molar-refractivity contribution in [2.24, 2.45) is 7.05 Å². The quantitative estimate of drug-likeness (QED) is 0.630. The minimum atomic E-state index is 0. The maximum absolute atomic E-state index is 10.9. The van der Waals surface area contributed by atoms with Crippen LogP contribution in [0.3, 0.4) is 0 Å². The van der Waals surface area contributed by atoms with Gasteiger partial charge in [-0.15, -0.1) is 0 Å². The van der Waals surface area contributed by atoms with Gasteiger partial charge in [-0.2, -0.15) is 0 Å². The molecule has 0 saturated heterocycles. The first-order chi connectivity index (χ1) is 5.22. The maximum atomic E-state index is 10.9. The topological polar surface area (TPSA) is 22.0 Å². The van der Waals surface area contributed by atoms with Crippen LogP contribution in [0.15, 0.2) is 23.1 Å². The second kappa shape index (κ2) is 7.20. The minimum absolute atomic E-state index is 0. The summed E-state index contributed by atoms with van der Waals surface area (Å²) in [4.78, 5) is 10.9. The summed E-state index contributed by atoms with van der Waals surface area (Å²) in [6.45, 7) is 5.81. The molecule has 2 nitrogen and oxygen atoms in total. The summed E-state index contributed by atoms with van der Waals surface area (Å²) in [5.41, 5.74) is 0.873. The van der Waals surface area contributed by atoms with Crippen molar-refractivity contribution in [3.63, 3.8) is 0 Å². The van der Waals surface area contributed by atoms with E-state index in [9.17, 15) is 4.79 Å². The van der Waals surface area contributed by atoms with Gasteiger partial charge in [0.1, 0.15) is 0 Å². The van der Waals surface area contributed by atoms with Crippen molar-refractivity contribution in [1.29, 1.82) is 0 Å². The van der Waals surface area contributed by atoms with Crippen LogP contribution in [0.2, 0.25) is 0 Å². The summed E-state index contributed by atoms with van der Waals surface area (Å²) in [5, 5.41) is 0. The fourth-order valence-electron chi connectivity index (χ4n) is 0.734. The Hall–Kier alpha value is -0.466. The van der Waals surface area contributed by atoms with E-state index in [2.05, 4.69) is 0 Å². The molecule has 0 aliphatic rings. The fraction of sp³-hybridized carbons (Fsp3) is 0.444. The second-order valence-electron chi connectivity index (χ2n) is 2.11. The van der Waals surface area contributed by atoms with Crippen LogP contribution in [0.5, 0.6) is 0 Å². The molecule has 0 saturated carbocycles. The van der Waals surface area contributed by atoms with Crippen molar-refractivity contribution in [1.82, 2.24) is 4.57 Å². The van der Waals surface area contributed by atoms with E-state index < -0.39 is 0 Å². The Morgan fingerprint density at radius 1 is 1.33 bits per heavy atom. The fourth-order valence-corrected chi connectivity index (χ4v) is 0.734. The number of aryl methyl sites for hydroxylation is 2. The molecule has 3 heteroatoms. The van der Waals surface area contributed by atoms with E-state index in [0.717, 1.165) is 5.56 Å². The van der Waals surface area contributed by atoms with Crippen molar-refractivity contribution in [3.8, 4) is 0 Å². The summed E-state index contributed by atoms with van der Waals surface area (Å²) < 4.78 is 1.56. The molecule has 0 bridgehead atoms. The monoisotopic (exact) mass is 204 g/mol. The van der Waals surface area contributed by atoms with Crippen LogP contribution in [0.1, 0.15) is 19.4 Å². The molecule has 0 unspecified atom stereocenters.